The number of rotatable bonds is 6. The molecule has 1 atom stereocenters. The molecule has 0 aliphatic carbocycles. The summed E-state index contributed by atoms with van der Waals surface area (Å²) >= 11 is 3.20. The molecule has 1 aromatic heterocycles. The van der Waals surface area contributed by atoms with E-state index in [0.29, 0.717) is 10.5 Å². The molecule has 2 aromatic rings. The Balaban J connectivity index is 2.15. The summed E-state index contributed by atoms with van der Waals surface area (Å²) in [6.45, 7) is 7.25. The first-order valence-electron chi connectivity index (χ1n) is 7.29. The minimum Gasteiger partial charge on any atom is -0.461 e. The second-order valence-electron chi connectivity index (χ2n) is 5.41. The number of hydrogen-bond acceptors (Lipinski definition) is 2. The summed E-state index contributed by atoms with van der Waals surface area (Å²) in [6, 6.07) is 7.54. The van der Waals surface area contributed by atoms with Crippen LogP contribution in [0.3, 0.4) is 0 Å². The van der Waals surface area contributed by atoms with Crippen molar-refractivity contribution in [1.29, 1.82) is 0 Å². The molecular weight excluding hydrogens is 333 g/mol. The standard InChI is InChI=1S/C17H21BrFNO/c1-4-7-20-12(3)9-13-5-6-17(21-13)14-10-16(19)15(18)8-11(14)2/h5-6,8,10,12,20H,4,7,9H2,1-3H3. The molecule has 0 bridgehead atoms. The van der Waals surface area contributed by atoms with E-state index in [9.17, 15) is 4.39 Å². The van der Waals surface area contributed by atoms with Gasteiger partial charge < -0.3 is 9.73 Å². The first-order valence-corrected chi connectivity index (χ1v) is 8.08. The summed E-state index contributed by atoms with van der Waals surface area (Å²) in [5, 5.41) is 3.43. The third-order valence-corrected chi connectivity index (χ3v) is 4.05. The molecule has 1 N–H and O–H groups in total. The Kier molecular flexibility index (Phi) is 5.59. The number of benzene rings is 1. The van der Waals surface area contributed by atoms with Gasteiger partial charge in [-0.25, -0.2) is 4.39 Å². The molecule has 0 fully saturated rings. The normalized spacial score (nSPS) is 12.6. The molecule has 1 aromatic carbocycles. The number of furan rings is 1. The van der Waals surface area contributed by atoms with Crippen molar-refractivity contribution in [1.82, 2.24) is 5.32 Å². The van der Waals surface area contributed by atoms with Gasteiger partial charge in [-0.05, 0) is 72.6 Å². The molecule has 0 aliphatic rings. The maximum Gasteiger partial charge on any atom is 0.138 e. The first-order chi connectivity index (χ1) is 10.0. The Morgan fingerprint density at radius 3 is 2.81 bits per heavy atom. The quantitative estimate of drug-likeness (QED) is 0.782. The molecule has 21 heavy (non-hydrogen) atoms. The molecule has 1 unspecified atom stereocenters. The molecule has 1 heterocycles. The van der Waals surface area contributed by atoms with Gasteiger partial charge in [0.05, 0.1) is 4.47 Å². The van der Waals surface area contributed by atoms with Gasteiger partial charge in [0.25, 0.3) is 0 Å². The highest BCUT2D eigenvalue weighted by atomic mass is 79.9. The van der Waals surface area contributed by atoms with Crippen LogP contribution in [-0.4, -0.2) is 12.6 Å². The smallest absolute Gasteiger partial charge is 0.138 e. The number of halogens is 2. The van der Waals surface area contributed by atoms with Crippen molar-refractivity contribution in [3.63, 3.8) is 0 Å². The molecule has 0 saturated carbocycles. The second kappa shape index (κ2) is 7.23. The van der Waals surface area contributed by atoms with Crippen molar-refractivity contribution in [2.24, 2.45) is 0 Å². The van der Waals surface area contributed by atoms with Crippen LogP contribution >= 0.6 is 15.9 Å². The van der Waals surface area contributed by atoms with Crippen LogP contribution in [0.2, 0.25) is 0 Å². The number of nitrogens with one attached hydrogen (secondary N) is 1. The highest BCUT2D eigenvalue weighted by Gasteiger charge is 2.12. The highest BCUT2D eigenvalue weighted by Crippen LogP contribution is 2.30. The van der Waals surface area contributed by atoms with Crippen molar-refractivity contribution >= 4 is 15.9 Å². The van der Waals surface area contributed by atoms with Crippen LogP contribution in [0.15, 0.2) is 33.2 Å². The van der Waals surface area contributed by atoms with Gasteiger partial charge in [0.2, 0.25) is 0 Å². The molecule has 0 amide bonds. The Morgan fingerprint density at radius 1 is 1.33 bits per heavy atom. The van der Waals surface area contributed by atoms with Crippen molar-refractivity contribution in [3.05, 3.63) is 45.9 Å². The van der Waals surface area contributed by atoms with Gasteiger partial charge in [-0.15, -0.1) is 0 Å². The van der Waals surface area contributed by atoms with Gasteiger partial charge >= 0.3 is 0 Å². The van der Waals surface area contributed by atoms with Gasteiger partial charge in [-0.1, -0.05) is 6.92 Å². The van der Waals surface area contributed by atoms with Crippen LogP contribution in [0, 0.1) is 12.7 Å². The number of aryl methyl sites for hydroxylation is 1. The monoisotopic (exact) mass is 353 g/mol. The van der Waals surface area contributed by atoms with E-state index in [1.54, 1.807) is 6.07 Å². The van der Waals surface area contributed by atoms with Crippen molar-refractivity contribution in [2.45, 2.75) is 39.7 Å². The van der Waals surface area contributed by atoms with Crippen molar-refractivity contribution in [2.75, 3.05) is 6.54 Å². The van der Waals surface area contributed by atoms with Gasteiger partial charge in [0, 0.05) is 18.0 Å². The first kappa shape index (κ1) is 16.2. The molecule has 0 saturated heterocycles. The van der Waals surface area contributed by atoms with E-state index in [1.807, 2.05) is 19.1 Å². The fourth-order valence-corrected chi connectivity index (χ4v) is 2.77. The molecule has 0 spiro atoms. The third-order valence-electron chi connectivity index (χ3n) is 3.44. The van der Waals surface area contributed by atoms with Crippen LogP contribution in [0.25, 0.3) is 11.3 Å². The summed E-state index contributed by atoms with van der Waals surface area (Å²) in [5.74, 6) is 1.37. The molecule has 2 rings (SSSR count). The maximum absolute atomic E-state index is 13.7. The van der Waals surface area contributed by atoms with Crippen molar-refractivity contribution < 1.29 is 8.81 Å². The van der Waals surface area contributed by atoms with E-state index < -0.39 is 0 Å². The van der Waals surface area contributed by atoms with Crippen LogP contribution in [0.4, 0.5) is 4.39 Å². The zero-order chi connectivity index (χ0) is 15.4. The van der Waals surface area contributed by atoms with Gasteiger partial charge in [0.15, 0.2) is 0 Å². The Morgan fingerprint density at radius 2 is 2.10 bits per heavy atom. The van der Waals surface area contributed by atoms with E-state index >= 15 is 0 Å². The SMILES string of the molecule is CCCNC(C)Cc1ccc(-c2cc(F)c(Br)cc2C)o1. The zero-order valence-electron chi connectivity index (χ0n) is 12.7. The van der Waals surface area contributed by atoms with E-state index in [-0.39, 0.29) is 5.82 Å². The molecule has 0 aliphatic heterocycles. The minimum absolute atomic E-state index is 0.272. The topological polar surface area (TPSA) is 25.2 Å². The molecule has 2 nitrogen and oxygen atoms in total. The lowest BCUT2D eigenvalue weighted by Gasteiger charge is -2.11. The third kappa shape index (κ3) is 4.17. The van der Waals surface area contributed by atoms with Crippen LogP contribution in [0.1, 0.15) is 31.6 Å². The summed E-state index contributed by atoms with van der Waals surface area (Å²) < 4.78 is 20.1. The van der Waals surface area contributed by atoms with E-state index in [2.05, 4.69) is 35.1 Å². The summed E-state index contributed by atoms with van der Waals surface area (Å²) in [5.41, 5.74) is 1.79. The van der Waals surface area contributed by atoms with E-state index in [4.69, 9.17) is 4.42 Å². The summed E-state index contributed by atoms with van der Waals surface area (Å²) in [6.07, 6.45) is 1.95. The lowest BCUT2D eigenvalue weighted by atomic mass is 10.1. The van der Waals surface area contributed by atoms with Crippen LogP contribution < -0.4 is 5.32 Å². The zero-order valence-corrected chi connectivity index (χ0v) is 14.3. The maximum atomic E-state index is 13.7. The average Bonchev–Trinajstić information content (AvgIpc) is 2.88. The van der Waals surface area contributed by atoms with E-state index in [0.717, 1.165) is 42.0 Å². The Labute approximate surface area is 133 Å². The lowest BCUT2D eigenvalue weighted by molar-refractivity contribution is 0.463. The van der Waals surface area contributed by atoms with Gasteiger partial charge in [0.1, 0.15) is 17.3 Å². The average molecular weight is 354 g/mol. The fourth-order valence-electron chi connectivity index (χ4n) is 2.31. The van der Waals surface area contributed by atoms with Crippen LogP contribution in [0.5, 0.6) is 0 Å². The van der Waals surface area contributed by atoms with Gasteiger partial charge in [-0.2, -0.15) is 0 Å². The lowest BCUT2D eigenvalue weighted by Crippen LogP contribution is -2.28. The Hall–Kier alpha value is -1.13. The number of hydrogen-bond donors (Lipinski definition) is 1. The Bertz CT molecular complexity index is 609. The highest BCUT2D eigenvalue weighted by molar-refractivity contribution is 9.10. The largest absolute Gasteiger partial charge is 0.461 e. The fraction of sp³-hybridized carbons (Fsp3) is 0.412. The summed E-state index contributed by atoms with van der Waals surface area (Å²) in [4.78, 5) is 0. The minimum atomic E-state index is -0.272. The predicted octanol–water partition coefficient (Wildman–Crippen LogP) is 5.09. The van der Waals surface area contributed by atoms with Crippen LogP contribution in [-0.2, 0) is 6.42 Å². The summed E-state index contributed by atoms with van der Waals surface area (Å²) in [7, 11) is 0. The molecule has 0 radical (unpaired) electrons. The van der Waals surface area contributed by atoms with Gasteiger partial charge in [-0.3, -0.25) is 0 Å². The van der Waals surface area contributed by atoms with Crippen molar-refractivity contribution in [3.8, 4) is 11.3 Å². The molecule has 4 heteroatoms. The molecular formula is C17H21BrFNO. The molecule has 114 valence electrons. The van der Waals surface area contributed by atoms with E-state index in [1.165, 1.54) is 6.07 Å². The second-order valence-corrected chi connectivity index (χ2v) is 6.26. The predicted molar refractivity (Wildman–Crippen MR) is 88.0 cm³/mol.